The van der Waals surface area contributed by atoms with Crippen LogP contribution in [0.25, 0.3) is 0 Å². The van der Waals surface area contributed by atoms with Crippen molar-refractivity contribution in [3.63, 3.8) is 0 Å². The molecule has 18 heavy (non-hydrogen) atoms. The molecule has 0 aliphatic heterocycles. The van der Waals surface area contributed by atoms with E-state index in [4.69, 9.17) is 14.6 Å². The third-order valence-electron chi connectivity index (χ3n) is 2.72. The highest BCUT2D eigenvalue weighted by atomic mass is 16.5. The highest BCUT2D eigenvalue weighted by Crippen LogP contribution is 2.28. The number of hydrogen-bond acceptors (Lipinski definition) is 3. The number of carbonyl (C=O) groups is 1. The first-order chi connectivity index (χ1) is 8.58. The minimum atomic E-state index is -0.973. The van der Waals surface area contributed by atoms with Crippen LogP contribution >= 0.6 is 0 Å². The highest BCUT2D eigenvalue weighted by molar-refractivity contribution is 5.88. The zero-order chi connectivity index (χ0) is 13.5. The molecule has 1 atom stereocenters. The summed E-state index contributed by atoms with van der Waals surface area (Å²) >= 11 is 0. The third kappa shape index (κ3) is 3.95. The minimum absolute atomic E-state index is 0.195. The van der Waals surface area contributed by atoms with Crippen LogP contribution in [0.5, 0.6) is 11.5 Å². The smallest absolute Gasteiger partial charge is 0.335 e. The summed E-state index contributed by atoms with van der Waals surface area (Å²) in [6, 6.07) is 4.63. The third-order valence-corrected chi connectivity index (χ3v) is 2.72. The Bertz CT molecular complexity index is 401. The summed E-state index contributed by atoms with van der Waals surface area (Å²) in [5, 5.41) is 8.89. The van der Waals surface area contributed by atoms with Crippen LogP contribution in [0.2, 0.25) is 0 Å². The van der Waals surface area contributed by atoms with Gasteiger partial charge in [-0.3, -0.25) is 0 Å². The summed E-state index contributed by atoms with van der Waals surface area (Å²) in [5.74, 6) is 0.544. The van der Waals surface area contributed by atoms with Crippen molar-refractivity contribution in [2.75, 3.05) is 13.7 Å². The van der Waals surface area contributed by atoms with Gasteiger partial charge in [0.25, 0.3) is 0 Å². The first kappa shape index (κ1) is 14.4. The summed E-state index contributed by atoms with van der Waals surface area (Å²) in [4.78, 5) is 10.8. The van der Waals surface area contributed by atoms with Crippen LogP contribution in [-0.2, 0) is 0 Å². The summed E-state index contributed by atoms with van der Waals surface area (Å²) in [6.07, 6.45) is 2.23. The van der Waals surface area contributed by atoms with E-state index in [0.29, 0.717) is 24.0 Å². The first-order valence-electron chi connectivity index (χ1n) is 6.12. The molecule has 0 amide bonds. The van der Waals surface area contributed by atoms with Gasteiger partial charge in [-0.25, -0.2) is 4.79 Å². The second-order valence-electron chi connectivity index (χ2n) is 4.38. The molecule has 1 unspecified atom stereocenters. The van der Waals surface area contributed by atoms with Gasteiger partial charge in [0.2, 0.25) is 0 Å². The quantitative estimate of drug-likeness (QED) is 0.809. The van der Waals surface area contributed by atoms with Crippen LogP contribution in [0.1, 0.15) is 37.0 Å². The second kappa shape index (κ2) is 6.89. The second-order valence-corrected chi connectivity index (χ2v) is 4.38. The topological polar surface area (TPSA) is 55.8 Å². The van der Waals surface area contributed by atoms with Gasteiger partial charge in [0, 0.05) is 0 Å². The van der Waals surface area contributed by atoms with E-state index in [1.54, 1.807) is 6.07 Å². The molecule has 4 heteroatoms. The van der Waals surface area contributed by atoms with E-state index in [9.17, 15) is 4.79 Å². The largest absolute Gasteiger partial charge is 0.493 e. The molecular formula is C14H20O4. The lowest BCUT2D eigenvalue weighted by molar-refractivity contribution is 0.0696. The minimum Gasteiger partial charge on any atom is -0.493 e. The van der Waals surface area contributed by atoms with Crippen molar-refractivity contribution < 1.29 is 19.4 Å². The molecule has 1 N–H and O–H groups in total. The number of methoxy groups -OCH3 is 1. The van der Waals surface area contributed by atoms with Gasteiger partial charge in [-0.2, -0.15) is 0 Å². The van der Waals surface area contributed by atoms with Crippen molar-refractivity contribution in [3.05, 3.63) is 23.8 Å². The van der Waals surface area contributed by atoms with Gasteiger partial charge >= 0.3 is 5.97 Å². The molecule has 0 aromatic heterocycles. The molecule has 100 valence electrons. The molecule has 0 aliphatic carbocycles. The first-order valence-corrected chi connectivity index (χ1v) is 6.12. The summed E-state index contributed by atoms with van der Waals surface area (Å²) in [5.41, 5.74) is 0.195. The van der Waals surface area contributed by atoms with Gasteiger partial charge in [0.05, 0.1) is 19.3 Å². The Kier molecular flexibility index (Phi) is 5.49. The predicted molar refractivity (Wildman–Crippen MR) is 69.5 cm³/mol. The van der Waals surface area contributed by atoms with E-state index in [1.165, 1.54) is 19.2 Å². The Morgan fingerprint density at radius 3 is 2.67 bits per heavy atom. The lowest BCUT2D eigenvalue weighted by Crippen LogP contribution is -2.09. The SMILES string of the molecule is CCCC(C)COc1ccc(C(=O)O)cc1OC. The van der Waals surface area contributed by atoms with Gasteiger partial charge in [0.1, 0.15) is 0 Å². The van der Waals surface area contributed by atoms with Crippen molar-refractivity contribution in [2.24, 2.45) is 5.92 Å². The Morgan fingerprint density at radius 1 is 1.39 bits per heavy atom. The zero-order valence-corrected chi connectivity index (χ0v) is 11.1. The Morgan fingerprint density at radius 2 is 2.11 bits per heavy atom. The molecule has 4 nitrogen and oxygen atoms in total. The van der Waals surface area contributed by atoms with Crippen LogP contribution in [0.15, 0.2) is 18.2 Å². The molecule has 0 spiro atoms. The number of carboxylic acids is 1. The molecule has 1 aromatic carbocycles. The lowest BCUT2D eigenvalue weighted by atomic mass is 10.1. The molecule has 0 saturated heterocycles. The fourth-order valence-corrected chi connectivity index (χ4v) is 1.73. The molecule has 1 rings (SSSR count). The zero-order valence-electron chi connectivity index (χ0n) is 11.1. The molecule has 0 bridgehead atoms. The van der Waals surface area contributed by atoms with E-state index in [-0.39, 0.29) is 5.56 Å². The van der Waals surface area contributed by atoms with Gasteiger partial charge in [-0.05, 0) is 30.5 Å². The summed E-state index contributed by atoms with van der Waals surface area (Å²) in [6.45, 7) is 4.87. The molecule has 0 radical (unpaired) electrons. The summed E-state index contributed by atoms with van der Waals surface area (Å²) in [7, 11) is 1.50. The highest BCUT2D eigenvalue weighted by Gasteiger charge is 2.11. The van der Waals surface area contributed by atoms with Crippen molar-refractivity contribution in [1.82, 2.24) is 0 Å². The fraction of sp³-hybridized carbons (Fsp3) is 0.500. The van der Waals surface area contributed by atoms with Crippen molar-refractivity contribution in [2.45, 2.75) is 26.7 Å². The number of hydrogen-bond donors (Lipinski definition) is 1. The lowest BCUT2D eigenvalue weighted by Gasteiger charge is -2.14. The van der Waals surface area contributed by atoms with Gasteiger partial charge in [-0.15, -0.1) is 0 Å². The molecule has 1 aromatic rings. The van der Waals surface area contributed by atoms with Gasteiger partial charge in [0.15, 0.2) is 11.5 Å². The van der Waals surface area contributed by atoms with Crippen molar-refractivity contribution in [1.29, 1.82) is 0 Å². The maximum absolute atomic E-state index is 10.8. The fourth-order valence-electron chi connectivity index (χ4n) is 1.73. The molecular weight excluding hydrogens is 232 g/mol. The van der Waals surface area contributed by atoms with Gasteiger partial charge in [-0.1, -0.05) is 20.3 Å². The van der Waals surface area contributed by atoms with E-state index >= 15 is 0 Å². The number of carboxylic acid groups (broad SMARTS) is 1. The van der Waals surface area contributed by atoms with E-state index in [1.807, 2.05) is 0 Å². The monoisotopic (exact) mass is 252 g/mol. The number of aromatic carboxylic acids is 1. The van der Waals surface area contributed by atoms with Crippen LogP contribution < -0.4 is 9.47 Å². The average molecular weight is 252 g/mol. The standard InChI is InChI=1S/C14H20O4/c1-4-5-10(2)9-18-12-7-6-11(14(15)16)8-13(12)17-3/h6-8,10H,4-5,9H2,1-3H3,(H,15,16). The molecule has 0 fully saturated rings. The normalized spacial score (nSPS) is 11.9. The van der Waals surface area contributed by atoms with Crippen molar-refractivity contribution in [3.8, 4) is 11.5 Å². The average Bonchev–Trinajstić information content (AvgIpc) is 2.36. The Hall–Kier alpha value is -1.71. The van der Waals surface area contributed by atoms with Crippen LogP contribution in [-0.4, -0.2) is 24.8 Å². The number of rotatable bonds is 7. The maximum Gasteiger partial charge on any atom is 0.335 e. The number of benzene rings is 1. The number of ether oxygens (including phenoxy) is 2. The van der Waals surface area contributed by atoms with Crippen LogP contribution in [0.4, 0.5) is 0 Å². The summed E-state index contributed by atoms with van der Waals surface area (Å²) < 4.78 is 10.8. The Labute approximate surface area is 108 Å². The predicted octanol–water partition coefficient (Wildman–Crippen LogP) is 3.21. The maximum atomic E-state index is 10.8. The van der Waals surface area contributed by atoms with Crippen LogP contribution in [0, 0.1) is 5.92 Å². The molecule has 0 heterocycles. The Balaban J connectivity index is 2.73. The van der Waals surface area contributed by atoms with Crippen LogP contribution in [0.3, 0.4) is 0 Å². The van der Waals surface area contributed by atoms with Gasteiger partial charge < -0.3 is 14.6 Å². The van der Waals surface area contributed by atoms with E-state index in [2.05, 4.69) is 13.8 Å². The van der Waals surface area contributed by atoms with Crippen molar-refractivity contribution >= 4 is 5.97 Å². The molecule has 0 saturated carbocycles. The molecule has 0 aliphatic rings. The van der Waals surface area contributed by atoms with E-state index < -0.39 is 5.97 Å². The van der Waals surface area contributed by atoms with E-state index in [0.717, 1.165) is 12.8 Å².